The predicted octanol–water partition coefficient (Wildman–Crippen LogP) is 2.87. The number of likely N-dealkylation sites (tertiary alicyclic amines) is 1. The smallest absolute Gasteiger partial charge is 0.236 e. The molecule has 1 aromatic carbocycles. The summed E-state index contributed by atoms with van der Waals surface area (Å²) in [4.78, 5) is 21.5. The van der Waals surface area contributed by atoms with Crippen LogP contribution in [0.15, 0.2) is 30.6 Å². The lowest BCUT2D eigenvalue weighted by atomic mass is 9.92. The first-order valence-corrected chi connectivity index (χ1v) is 9.80. The van der Waals surface area contributed by atoms with E-state index in [4.69, 9.17) is 0 Å². The van der Waals surface area contributed by atoms with Crippen molar-refractivity contribution in [1.82, 2.24) is 19.4 Å². The van der Waals surface area contributed by atoms with Crippen molar-refractivity contribution in [2.75, 3.05) is 26.2 Å². The summed E-state index contributed by atoms with van der Waals surface area (Å²) in [7, 11) is 0. The van der Waals surface area contributed by atoms with Crippen molar-refractivity contribution in [3.63, 3.8) is 0 Å². The minimum atomic E-state index is -0.237. The predicted molar refractivity (Wildman–Crippen MR) is 102 cm³/mol. The Labute approximate surface area is 159 Å². The van der Waals surface area contributed by atoms with E-state index in [1.165, 1.54) is 18.6 Å². The number of amides is 1. The molecule has 1 fully saturated rings. The molecule has 27 heavy (non-hydrogen) atoms. The maximum Gasteiger partial charge on any atom is 0.236 e. The summed E-state index contributed by atoms with van der Waals surface area (Å²) in [6.07, 6.45) is 3.85. The van der Waals surface area contributed by atoms with Gasteiger partial charge in [0.15, 0.2) is 0 Å². The van der Waals surface area contributed by atoms with E-state index in [0.717, 1.165) is 43.1 Å². The van der Waals surface area contributed by atoms with Crippen molar-refractivity contribution < 1.29 is 9.18 Å². The zero-order valence-corrected chi connectivity index (χ0v) is 16.1. The number of nitrogens with zero attached hydrogens (tertiary/aromatic N) is 4. The van der Waals surface area contributed by atoms with Crippen molar-refractivity contribution in [2.24, 2.45) is 11.8 Å². The first-order valence-electron chi connectivity index (χ1n) is 9.80. The van der Waals surface area contributed by atoms with Gasteiger partial charge in [-0.25, -0.2) is 9.37 Å². The molecule has 0 unspecified atom stereocenters. The highest BCUT2D eigenvalue weighted by molar-refractivity contribution is 5.78. The average Bonchev–Trinajstić information content (AvgIpc) is 3.05. The van der Waals surface area contributed by atoms with Crippen LogP contribution in [0.4, 0.5) is 4.39 Å². The number of imidazole rings is 1. The van der Waals surface area contributed by atoms with E-state index >= 15 is 0 Å². The van der Waals surface area contributed by atoms with E-state index in [2.05, 4.69) is 23.7 Å². The van der Waals surface area contributed by atoms with Crippen molar-refractivity contribution in [2.45, 2.75) is 33.2 Å². The topological polar surface area (TPSA) is 41.4 Å². The van der Waals surface area contributed by atoms with Crippen LogP contribution in [0.1, 0.15) is 31.7 Å². The van der Waals surface area contributed by atoms with Crippen LogP contribution in [0.2, 0.25) is 0 Å². The van der Waals surface area contributed by atoms with Gasteiger partial charge in [0, 0.05) is 44.0 Å². The van der Waals surface area contributed by atoms with Crippen LogP contribution in [0, 0.1) is 17.7 Å². The molecule has 0 saturated carbocycles. The maximum atomic E-state index is 13.2. The third-order valence-electron chi connectivity index (χ3n) is 5.68. The highest BCUT2D eigenvalue weighted by Gasteiger charge is 2.28. The van der Waals surface area contributed by atoms with Gasteiger partial charge in [-0.1, -0.05) is 13.8 Å². The summed E-state index contributed by atoms with van der Waals surface area (Å²) in [6, 6.07) is 6.48. The molecule has 0 aliphatic carbocycles. The second kappa shape index (κ2) is 7.43. The molecule has 0 N–H and O–H groups in total. The number of hydrogen-bond acceptors (Lipinski definition) is 3. The maximum absolute atomic E-state index is 13.2. The van der Waals surface area contributed by atoms with Crippen molar-refractivity contribution >= 4 is 5.91 Å². The molecule has 2 aliphatic heterocycles. The number of rotatable bonds is 3. The van der Waals surface area contributed by atoms with Crippen LogP contribution in [-0.2, 0) is 17.8 Å². The van der Waals surface area contributed by atoms with Crippen LogP contribution >= 0.6 is 0 Å². The van der Waals surface area contributed by atoms with Gasteiger partial charge >= 0.3 is 0 Å². The van der Waals surface area contributed by atoms with Gasteiger partial charge in [-0.2, -0.15) is 0 Å². The fraction of sp³-hybridized carbons (Fsp3) is 0.524. The number of halogens is 1. The summed E-state index contributed by atoms with van der Waals surface area (Å²) in [5.41, 5.74) is 3.09. The van der Waals surface area contributed by atoms with Gasteiger partial charge in [-0.15, -0.1) is 0 Å². The molecule has 0 bridgehead atoms. The number of piperidine rings is 1. The lowest BCUT2D eigenvalue weighted by molar-refractivity contribution is -0.135. The SMILES string of the molecule is C[C@@H]1C[C@@H](C)CN(C(=O)CN2CCc3c(ncn3-c3ccc(F)cc3)C2)C1. The summed E-state index contributed by atoms with van der Waals surface area (Å²) in [6.45, 7) is 8.19. The Hall–Kier alpha value is -2.21. The van der Waals surface area contributed by atoms with E-state index in [1.807, 2.05) is 9.47 Å². The van der Waals surface area contributed by atoms with E-state index in [-0.39, 0.29) is 11.7 Å². The van der Waals surface area contributed by atoms with Gasteiger partial charge in [0.2, 0.25) is 5.91 Å². The molecule has 2 aromatic rings. The van der Waals surface area contributed by atoms with Gasteiger partial charge in [0.1, 0.15) is 5.82 Å². The number of carbonyl (C=O) groups excluding carboxylic acids is 1. The summed E-state index contributed by atoms with van der Waals surface area (Å²) < 4.78 is 15.2. The largest absolute Gasteiger partial charge is 0.341 e. The monoisotopic (exact) mass is 370 g/mol. The summed E-state index contributed by atoms with van der Waals surface area (Å²) in [5.74, 6) is 1.16. The zero-order chi connectivity index (χ0) is 19.0. The van der Waals surface area contributed by atoms with E-state index < -0.39 is 0 Å². The summed E-state index contributed by atoms with van der Waals surface area (Å²) in [5, 5.41) is 0. The van der Waals surface area contributed by atoms with Gasteiger partial charge in [-0.05, 0) is 42.5 Å². The Morgan fingerprint density at radius 3 is 2.59 bits per heavy atom. The second-order valence-corrected chi connectivity index (χ2v) is 8.19. The van der Waals surface area contributed by atoms with Crippen LogP contribution < -0.4 is 0 Å². The minimum absolute atomic E-state index is 0.231. The second-order valence-electron chi connectivity index (χ2n) is 8.19. The molecule has 2 atom stereocenters. The fourth-order valence-electron chi connectivity index (χ4n) is 4.48. The number of carbonyl (C=O) groups is 1. The van der Waals surface area contributed by atoms with E-state index in [0.29, 0.717) is 24.9 Å². The molecular formula is C21H27FN4O. The van der Waals surface area contributed by atoms with Gasteiger partial charge < -0.3 is 9.47 Å². The Morgan fingerprint density at radius 2 is 1.89 bits per heavy atom. The Kier molecular flexibility index (Phi) is 5.00. The molecule has 0 spiro atoms. The lowest BCUT2D eigenvalue weighted by Gasteiger charge is -2.36. The number of benzene rings is 1. The van der Waals surface area contributed by atoms with E-state index in [1.54, 1.807) is 18.5 Å². The molecule has 5 nitrogen and oxygen atoms in total. The Bertz CT molecular complexity index is 806. The number of hydrogen-bond donors (Lipinski definition) is 0. The molecule has 4 rings (SSSR count). The normalized spacial score (nSPS) is 23.3. The van der Waals surface area contributed by atoms with Crippen molar-refractivity contribution in [1.29, 1.82) is 0 Å². The first kappa shape index (κ1) is 18.2. The quantitative estimate of drug-likeness (QED) is 0.834. The van der Waals surface area contributed by atoms with Crippen LogP contribution in [0.3, 0.4) is 0 Å². The molecule has 1 saturated heterocycles. The Morgan fingerprint density at radius 1 is 1.19 bits per heavy atom. The van der Waals surface area contributed by atoms with Gasteiger partial charge in [0.05, 0.1) is 18.6 Å². The third-order valence-corrected chi connectivity index (χ3v) is 5.68. The first-order chi connectivity index (χ1) is 13.0. The number of fused-ring (bicyclic) bond motifs is 1. The highest BCUT2D eigenvalue weighted by Crippen LogP contribution is 2.23. The van der Waals surface area contributed by atoms with Crippen LogP contribution in [-0.4, -0.2) is 51.4 Å². The molecule has 1 aromatic heterocycles. The third kappa shape index (κ3) is 3.90. The van der Waals surface area contributed by atoms with Crippen molar-refractivity contribution in [3.8, 4) is 5.69 Å². The van der Waals surface area contributed by atoms with E-state index in [9.17, 15) is 9.18 Å². The Balaban J connectivity index is 1.42. The zero-order valence-electron chi connectivity index (χ0n) is 16.1. The molecule has 3 heterocycles. The standard InChI is InChI=1S/C21H27FN4O/c1-15-9-16(2)11-25(10-15)21(27)13-24-8-7-20-19(12-24)23-14-26(20)18-5-3-17(22)4-6-18/h3-6,14-16H,7-13H2,1-2H3/t15-,16-/m1/s1. The van der Waals surface area contributed by atoms with Crippen LogP contribution in [0.25, 0.3) is 5.69 Å². The van der Waals surface area contributed by atoms with Gasteiger partial charge in [0.25, 0.3) is 0 Å². The van der Waals surface area contributed by atoms with Crippen LogP contribution in [0.5, 0.6) is 0 Å². The number of aromatic nitrogens is 2. The molecule has 0 radical (unpaired) electrons. The molecule has 1 amide bonds. The lowest BCUT2D eigenvalue weighted by Crippen LogP contribution is -2.47. The van der Waals surface area contributed by atoms with Gasteiger partial charge in [-0.3, -0.25) is 9.69 Å². The fourth-order valence-corrected chi connectivity index (χ4v) is 4.48. The highest BCUT2D eigenvalue weighted by atomic mass is 19.1. The minimum Gasteiger partial charge on any atom is -0.341 e. The molecule has 2 aliphatic rings. The molecule has 6 heteroatoms. The summed E-state index contributed by atoms with van der Waals surface area (Å²) >= 11 is 0. The molecule has 144 valence electrons. The van der Waals surface area contributed by atoms with Crippen molar-refractivity contribution in [3.05, 3.63) is 47.8 Å². The molecular weight excluding hydrogens is 343 g/mol. The average molecular weight is 370 g/mol.